The molecule has 0 radical (unpaired) electrons. The third-order valence-electron chi connectivity index (χ3n) is 3.87. The topological polar surface area (TPSA) is 71.7 Å². The van der Waals surface area contributed by atoms with Crippen LogP contribution in [0.2, 0.25) is 0 Å². The van der Waals surface area contributed by atoms with Crippen molar-refractivity contribution in [2.24, 2.45) is 4.99 Å². The maximum Gasteiger partial charge on any atom is 0.191 e. The second kappa shape index (κ2) is 10.9. The zero-order valence-corrected chi connectivity index (χ0v) is 17.4. The lowest BCUT2D eigenvalue weighted by Crippen LogP contribution is -2.45. The van der Waals surface area contributed by atoms with Crippen LogP contribution < -0.4 is 10.6 Å². The molecule has 1 aromatic rings. The molecule has 0 fully saturated rings. The van der Waals surface area contributed by atoms with E-state index in [4.69, 9.17) is 9.26 Å². The van der Waals surface area contributed by atoms with Crippen molar-refractivity contribution in [2.45, 2.75) is 58.6 Å². The molecular formula is C16H31IN4O2. The Bertz CT molecular complexity index is 470. The lowest BCUT2D eigenvalue weighted by molar-refractivity contribution is 0.0268. The minimum atomic E-state index is -0.244. The van der Waals surface area contributed by atoms with Gasteiger partial charge in [0.25, 0.3) is 0 Å². The van der Waals surface area contributed by atoms with Crippen molar-refractivity contribution in [3.8, 4) is 0 Å². The predicted octanol–water partition coefficient (Wildman–Crippen LogP) is 3.29. The van der Waals surface area contributed by atoms with E-state index in [0.29, 0.717) is 25.0 Å². The highest BCUT2D eigenvalue weighted by Crippen LogP contribution is 2.22. The van der Waals surface area contributed by atoms with E-state index in [1.54, 1.807) is 14.2 Å². The highest BCUT2D eigenvalue weighted by atomic mass is 127. The minimum Gasteiger partial charge on any atom is -0.377 e. The number of ether oxygens (including phenoxy) is 1. The van der Waals surface area contributed by atoms with E-state index in [9.17, 15) is 0 Å². The Morgan fingerprint density at radius 2 is 2.00 bits per heavy atom. The summed E-state index contributed by atoms with van der Waals surface area (Å²) in [6.45, 7) is 9.60. The largest absolute Gasteiger partial charge is 0.377 e. The highest BCUT2D eigenvalue weighted by molar-refractivity contribution is 14.0. The minimum absolute atomic E-state index is 0. The number of guanidine groups is 1. The number of aromatic nitrogens is 1. The van der Waals surface area contributed by atoms with Crippen LogP contribution in [0.15, 0.2) is 15.6 Å². The van der Waals surface area contributed by atoms with Crippen molar-refractivity contribution < 1.29 is 9.26 Å². The molecule has 2 N–H and O–H groups in total. The monoisotopic (exact) mass is 438 g/mol. The van der Waals surface area contributed by atoms with Crippen molar-refractivity contribution >= 4 is 29.9 Å². The highest BCUT2D eigenvalue weighted by Gasteiger charge is 2.17. The Labute approximate surface area is 156 Å². The molecule has 134 valence electrons. The molecule has 0 unspecified atom stereocenters. The second-order valence-electron chi connectivity index (χ2n) is 5.97. The molecule has 7 heteroatoms. The molecule has 0 atom stereocenters. The third-order valence-corrected chi connectivity index (χ3v) is 3.87. The van der Waals surface area contributed by atoms with Crippen LogP contribution in [0.1, 0.15) is 57.9 Å². The molecule has 1 heterocycles. The van der Waals surface area contributed by atoms with Crippen LogP contribution in [-0.2, 0) is 11.3 Å². The number of hydrogen-bond donors (Lipinski definition) is 2. The van der Waals surface area contributed by atoms with Gasteiger partial charge in [-0.3, -0.25) is 4.99 Å². The Morgan fingerprint density at radius 1 is 1.35 bits per heavy atom. The fraction of sp³-hybridized carbons (Fsp3) is 0.750. The molecule has 1 rings (SSSR count). The smallest absolute Gasteiger partial charge is 0.191 e. The number of halogens is 1. The second-order valence-corrected chi connectivity index (χ2v) is 5.97. The number of nitrogens with zero attached hydrogens (tertiary/aromatic N) is 2. The number of methoxy groups -OCH3 is 1. The van der Waals surface area contributed by atoms with E-state index in [2.05, 4.69) is 34.6 Å². The summed E-state index contributed by atoms with van der Waals surface area (Å²) in [7, 11) is 3.44. The van der Waals surface area contributed by atoms with Crippen LogP contribution in [0.25, 0.3) is 0 Å². The lowest BCUT2D eigenvalue weighted by atomic mass is 9.99. The molecule has 0 aliphatic rings. The first kappa shape index (κ1) is 22.2. The number of hydrogen-bond acceptors (Lipinski definition) is 4. The Morgan fingerprint density at radius 3 is 2.52 bits per heavy atom. The normalized spacial score (nSPS) is 12.2. The van der Waals surface area contributed by atoms with Crippen molar-refractivity contribution in [2.75, 3.05) is 20.7 Å². The first-order valence-electron chi connectivity index (χ1n) is 7.90. The number of nitrogens with one attached hydrogen (secondary N) is 2. The summed E-state index contributed by atoms with van der Waals surface area (Å²) in [5.74, 6) is 2.00. The zero-order chi connectivity index (χ0) is 16.6. The average Bonchev–Trinajstić information content (AvgIpc) is 2.97. The average molecular weight is 438 g/mol. The quantitative estimate of drug-likeness (QED) is 0.370. The molecule has 1 aromatic heterocycles. The molecule has 0 saturated heterocycles. The molecule has 0 amide bonds. The van der Waals surface area contributed by atoms with Gasteiger partial charge in [-0.25, -0.2) is 0 Å². The van der Waals surface area contributed by atoms with Crippen LogP contribution in [0.5, 0.6) is 0 Å². The summed E-state index contributed by atoms with van der Waals surface area (Å²) in [5.41, 5.74) is 0.789. The summed E-state index contributed by atoms with van der Waals surface area (Å²) in [6, 6.07) is 2.02. The molecule has 0 aliphatic heterocycles. The van der Waals surface area contributed by atoms with Crippen molar-refractivity contribution in [3.05, 3.63) is 17.5 Å². The van der Waals surface area contributed by atoms with Crippen molar-refractivity contribution in [1.29, 1.82) is 0 Å². The molecule has 6 nitrogen and oxygen atoms in total. The molecule has 0 aromatic carbocycles. The van der Waals surface area contributed by atoms with Crippen LogP contribution in [0.3, 0.4) is 0 Å². The molecule has 0 spiro atoms. The summed E-state index contributed by atoms with van der Waals surface area (Å²) < 4.78 is 10.8. The van der Waals surface area contributed by atoms with Crippen LogP contribution in [-0.4, -0.2) is 37.4 Å². The van der Waals surface area contributed by atoms with Crippen LogP contribution in [0, 0.1) is 0 Å². The zero-order valence-electron chi connectivity index (χ0n) is 15.1. The SMILES string of the molecule is CCC(CC)c1cc(CNC(=NC)NCC(C)(C)OC)on1.I. The van der Waals surface area contributed by atoms with Crippen LogP contribution >= 0.6 is 24.0 Å². The number of aliphatic imine (C=N–C) groups is 1. The van der Waals surface area contributed by atoms with Crippen LogP contribution in [0.4, 0.5) is 0 Å². The molecule has 0 bridgehead atoms. The summed E-state index contributed by atoms with van der Waals surface area (Å²) >= 11 is 0. The molecule has 0 aliphatic carbocycles. The standard InChI is InChI=1S/C16H30N4O2.HI/c1-7-12(8-2)14-9-13(22-20-14)10-18-15(17-5)19-11-16(3,4)21-6;/h9,12H,7-8,10-11H2,1-6H3,(H2,17,18,19);1H. The molecule has 0 saturated carbocycles. The van der Waals surface area contributed by atoms with E-state index in [0.717, 1.165) is 24.3 Å². The lowest BCUT2D eigenvalue weighted by Gasteiger charge is -2.24. The van der Waals surface area contributed by atoms with Gasteiger partial charge in [-0.2, -0.15) is 0 Å². The fourth-order valence-electron chi connectivity index (χ4n) is 2.07. The number of rotatable bonds is 8. The van der Waals surface area contributed by atoms with Gasteiger partial charge in [0.15, 0.2) is 11.7 Å². The summed E-state index contributed by atoms with van der Waals surface area (Å²) in [5, 5.41) is 10.6. The Balaban J connectivity index is 0.00000484. The molecular weight excluding hydrogens is 407 g/mol. The maximum absolute atomic E-state index is 5.39. The Hall–Kier alpha value is -0.830. The summed E-state index contributed by atoms with van der Waals surface area (Å²) in [4.78, 5) is 4.19. The van der Waals surface area contributed by atoms with Crippen molar-refractivity contribution in [3.63, 3.8) is 0 Å². The van der Waals surface area contributed by atoms with E-state index in [1.807, 2.05) is 19.9 Å². The van der Waals surface area contributed by atoms with E-state index >= 15 is 0 Å². The van der Waals surface area contributed by atoms with Gasteiger partial charge in [0, 0.05) is 32.7 Å². The first-order valence-corrected chi connectivity index (χ1v) is 7.90. The fourth-order valence-corrected chi connectivity index (χ4v) is 2.07. The van der Waals surface area contributed by atoms with Gasteiger partial charge in [-0.1, -0.05) is 19.0 Å². The van der Waals surface area contributed by atoms with Crippen molar-refractivity contribution in [1.82, 2.24) is 15.8 Å². The van der Waals surface area contributed by atoms with Gasteiger partial charge in [0.05, 0.1) is 17.8 Å². The van der Waals surface area contributed by atoms with E-state index in [-0.39, 0.29) is 29.6 Å². The van der Waals surface area contributed by atoms with Gasteiger partial charge in [0.1, 0.15) is 0 Å². The Kier molecular flexibility index (Phi) is 10.5. The molecule has 23 heavy (non-hydrogen) atoms. The summed E-state index contributed by atoms with van der Waals surface area (Å²) in [6.07, 6.45) is 2.15. The van der Waals surface area contributed by atoms with E-state index < -0.39 is 0 Å². The van der Waals surface area contributed by atoms with Gasteiger partial charge in [0.2, 0.25) is 0 Å². The van der Waals surface area contributed by atoms with E-state index in [1.165, 1.54) is 0 Å². The first-order chi connectivity index (χ1) is 10.5. The van der Waals surface area contributed by atoms with Gasteiger partial charge in [-0.05, 0) is 26.7 Å². The van der Waals surface area contributed by atoms with Gasteiger partial charge in [-0.15, -0.1) is 24.0 Å². The van der Waals surface area contributed by atoms with Gasteiger partial charge >= 0.3 is 0 Å². The predicted molar refractivity (Wildman–Crippen MR) is 105 cm³/mol. The van der Waals surface area contributed by atoms with Gasteiger partial charge < -0.3 is 19.9 Å². The third kappa shape index (κ3) is 7.52. The maximum atomic E-state index is 5.39.